The summed E-state index contributed by atoms with van der Waals surface area (Å²) in [6.45, 7) is 8.80. The first-order valence-corrected chi connectivity index (χ1v) is 6.60. The standard InChI is InChI=1S/C14H19N3O3/c1-4-11-12(15-2)16(3)14(19)17(13(11)18)9-10-5-7-20-8-6-10/h4,10H,1-2,5-9H2,3H3. The van der Waals surface area contributed by atoms with Gasteiger partial charge in [0.05, 0.1) is 5.56 Å². The molecule has 0 saturated carbocycles. The molecule has 2 heterocycles. The summed E-state index contributed by atoms with van der Waals surface area (Å²) in [6, 6.07) is 0. The van der Waals surface area contributed by atoms with Crippen molar-refractivity contribution >= 4 is 18.6 Å². The highest BCUT2D eigenvalue weighted by molar-refractivity contribution is 5.60. The first kappa shape index (κ1) is 14.5. The van der Waals surface area contributed by atoms with Crippen LogP contribution in [-0.4, -0.2) is 29.1 Å². The summed E-state index contributed by atoms with van der Waals surface area (Å²) in [7, 11) is 1.58. The molecule has 0 atom stereocenters. The Morgan fingerprint density at radius 3 is 2.60 bits per heavy atom. The number of nitrogens with zero attached hydrogens (tertiary/aromatic N) is 3. The lowest BCUT2D eigenvalue weighted by Crippen LogP contribution is -2.42. The molecule has 20 heavy (non-hydrogen) atoms. The largest absolute Gasteiger partial charge is 0.381 e. The van der Waals surface area contributed by atoms with E-state index in [-0.39, 0.29) is 23.0 Å². The molecule has 0 aliphatic carbocycles. The molecule has 108 valence electrons. The molecule has 0 aromatic carbocycles. The second-order valence-electron chi connectivity index (χ2n) is 4.91. The van der Waals surface area contributed by atoms with Gasteiger partial charge in [-0.3, -0.25) is 13.9 Å². The minimum Gasteiger partial charge on any atom is -0.381 e. The molecule has 0 spiro atoms. The van der Waals surface area contributed by atoms with Gasteiger partial charge in [0.15, 0.2) is 0 Å². The number of hydrogen-bond acceptors (Lipinski definition) is 4. The van der Waals surface area contributed by atoms with Crippen LogP contribution in [0.15, 0.2) is 21.2 Å². The van der Waals surface area contributed by atoms with E-state index in [0.717, 1.165) is 12.8 Å². The molecule has 1 aliphatic heterocycles. The minimum absolute atomic E-state index is 0.262. The molecule has 0 amide bonds. The fraction of sp³-hybridized carbons (Fsp3) is 0.500. The van der Waals surface area contributed by atoms with Crippen molar-refractivity contribution in [1.82, 2.24) is 9.13 Å². The molecule has 2 rings (SSSR count). The molecular formula is C14H19N3O3. The van der Waals surface area contributed by atoms with Crippen molar-refractivity contribution in [2.75, 3.05) is 13.2 Å². The zero-order chi connectivity index (χ0) is 14.7. The van der Waals surface area contributed by atoms with Crippen LogP contribution in [0.2, 0.25) is 0 Å². The van der Waals surface area contributed by atoms with Gasteiger partial charge in [0, 0.05) is 26.8 Å². The maximum Gasteiger partial charge on any atom is 0.332 e. The Morgan fingerprint density at radius 1 is 1.40 bits per heavy atom. The lowest BCUT2D eigenvalue weighted by Gasteiger charge is -2.23. The summed E-state index contributed by atoms with van der Waals surface area (Å²) in [5.74, 6) is 0.549. The maximum atomic E-state index is 12.4. The Labute approximate surface area is 117 Å². The molecule has 1 aromatic heterocycles. The minimum atomic E-state index is -0.366. The van der Waals surface area contributed by atoms with E-state index < -0.39 is 0 Å². The molecule has 0 N–H and O–H groups in total. The topological polar surface area (TPSA) is 65.6 Å². The number of ether oxygens (including phenoxy) is 1. The SMILES string of the molecule is C=Cc1c(N=C)n(C)c(=O)n(CC2CCOCC2)c1=O. The second-order valence-corrected chi connectivity index (χ2v) is 4.91. The molecule has 0 bridgehead atoms. The van der Waals surface area contributed by atoms with E-state index in [9.17, 15) is 9.59 Å². The Kier molecular flexibility index (Phi) is 4.34. The smallest absolute Gasteiger partial charge is 0.332 e. The van der Waals surface area contributed by atoms with Gasteiger partial charge < -0.3 is 4.74 Å². The van der Waals surface area contributed by atoms with Gasteiger partial charge in [0.2, 0.25) is 0 Å². The van der Waals surface area contributed by atoms with Gasteiger partial charge in [-0.25, -0.2) is 9.79 Å². The Balaban J connectivity index is 2.50. The first-order chi connectivity index (χ1) is 9.60. The van der Waals surface area contributed by atoms with Crippen molar-refractivity contribution in [2.45, 2.75) is 19.4 Å². The van der Waals surface area contributed by atoms with Gasteiger partial charge in [-0.05, 0) is 25.5 Å². The third kappa shape index (κ3) is 2.51. The third-order valence-electron chi connectivity index (χ3n) is 3.69. The van der Waals surface area contributed by atoms with Crippen molar-refractivity contribution in [3.8, 4) is 0 Å². The second kappa shape index (κ2) is 6.00. The molecule has 1 aromatic rings. The highest BCUT2D eigenvalue weighted by Gasteiger charge is 2.19. The van der Waals surface area contributed by atoms with Gasteiger partial charge in [-0.15, -0.1) is 0 Å². The Bertz CT molecular complexity index is 636. The first-order valence-electron chi connectivity index (χ1n) is 6.60. The predicted molar refractivity (Wildman–Crippen MR) is 78.8 cm³/mol. The van der Waals surface area contributed by atoms with Crippen molar-refractivity contribution in [1.29, 1.82) is 0 Å². The molecule has 1 saturated heterocycles. The normalized spacial score (nSPS) is 16.1. The maximum absolute atomic E-state index is 12.4. The van der Waals surface area contributed by atoms with Crippen molar-refractivity contribution in [3.05, 3.63) is 33.0 Å². The van der Waals surface area contributed by atoms with Gasteiger partial charge in [0.1, 0.15) is 5.82 Å². The van der Waals surface area contributed by atoms with Crippen LogP contribution >= 0.6 is 0 Å². The average molecular weight is 277 g/mol. The van der Waals surface area contributed by atoms with E-state index in [1.54, 1.807) is 7.05 Å². The van der Waals surface area contributed by atoms with Crippen molar-refractivity contribution < 1.29 is 4.74 Å². The van der Waals surface area contributed by atoms with E-state index in [4.69, 9.17) is 4.74 Å². The molecular weight excluding hydrogens is 258 g/mol. The van der Waals surface area contributed by atoms with Gasteiger partial charge >= 0.3 is 5.69 Å². The molecule has 0 radical (unpaired) electrons. The Hall–Kier alpha value is -1.95. The van der Waals surface area contributed by atoms with Crippen LogP contribution in [0.1, 0.15) is 18.4 Å². The van der Waals surface area contributed by atoms with E-state index >= 15 is 0 Å². The summed E-state index contributed by atoms with van der Waals surface area (Å²) in [6.07, 6.45) is 3.15. The molecule has 1 fully saturated rings. The fourth-order valence-electron chi connectivity index (χ4n) is 2.50. The number of aromatic nitrogens is 2. The van der Waals surface area contributed by atoms with Crippen molar-refractivity contribution in [2.24, 2.45) is 18.0 Å². The zero-order valence-corrected chi connectivity index (χ0v) is 11.7. The third-order valence-corrected chi connectivity index (χ3v) is 3.69. The molecule has 0 unspecified atom stereocenters. The number of rotatable bonds is 4. The van der Waals surface area contributed by atoms with Crippen LogP contribution in [0.3, 0.4) is 0 Å². The lowest BCUT2D eigenvalue weighted by molar-refractivity contribution is 0.0604. The highest BCUT2D eigenvalue weighted by atomic mass is 16.5. The summed E-state index contributed by atoms with van der Waals surface area (Å²) < 4.78 is 7.90. The molecule has 1 aliphatic rings. The monoisotopic (exact) mass is 277 g/mol. The van der Waals surface area contributed by atoms with Crippen LogP contribution < -0.4 is 11.2 Å². The van der Waals surface area contributed by atoms with Crippen LogP contribution in [0.25, 0.3) is 6.08 Å². The van der Waals surface area contributed by atoms with E-state index in [0.29, 0.717) is 25.3 Å². The van der Waals surface area contributed by atoms with Gasteiger partial charge in [-0.2, -0.15) is 0 Å². The van der Waals surface area contributed by atoms with Crippen LogP contribution in [-0.2, 0) is 18.3 Å². The molecule has 6 heteroatoms. The Morgan fingerprint density at radius 2 is 2.05 bits per heavy atom. The summed E-state index contributed by atoms with van der Waals surface area (Å²) in [5, 5.41) is 0. The van der Waals surface area contributed by atoms with Gasteiger partial charge in [0.25, 0.3) is 5.56 Å². The average Bonchev–Trinajstić information content (AvgIpc) is 2.48. The number of aliphatic imine (C=N–C) groups is 1. The zero-order valence-electron chi connectivity index (χ0n) is 11.7. The van der Waals surface area contributed by atoms with Crippen molar-refractivity contribution in [3.63, 3.8) is 0 Å². The van der Waals surface area contributed by atoms with E-state index in [1.165, 1.54) is 15.2 Å². The van der Waals surface area contributed by atoms with Crippen LogP contribution in [0.5, 0.6) is 0 Å². The van der Waals surface area contributed by atoms with Crippen LogP contribution in [0.4, 0.5) is 5.82 Å². The lowest BCUT2D eigenvalue weighted by atomic mass is 10.0. The summed E-state index contributed by atoms with van der Waals surface area (Å²) >= 11 is 0. The van der Waals surface area contributed by atoms with Crippen LogP contribution in [0, 0.1) is 5.92 Å². The van der Waals surface area contributed by atoms with E-state index in [2.05, 4.69) is 18.3 Å². The van der Waals surface area contributed by atoms with E-state index in [1.807, 2.05) is 0 Å². The predicted octanol–water partition coefficient (Wildman–Crippen LogP) is 0.949. The van der Waals surface area contributed by atoms with Gasteiger partial charge in [-0.1, -0.05) is 12.7 Å². The fourth-order valence-corrected chi connectivity index (χ4v) is 2.50. The summed E-state index contributed by atoms with van der Waals surface area (Å²) in [4.78, 5) is 28.4. The number of hydrogen-bond donors (Lipinski definition) is 0. The molecule has 6 nitrogen and oxygen atoms in total. The highest BCUT2D eigenvalue weighted by Crippen LogP contribution is 2.17. The summed E-state index contributed by atoms with van der Waals surface area (Å²) in [5.41, 5.74) is -0.402. The quantitative estimate of drug-likeness (QED) is 0.770.